The molecule has 5 aromatic rings. The van der Waals surface area contributed by atoms with Crippen molar-refractivity contribution in [2.45, 2.75) is 64.9 Å². The van der Waals surface area contributed by atoms with Crippen molar-refractivity contribution in [2.24, 2.45) is 0 Å². The fourth-order valence-corrected chi connectivity index (χ4v) is 5.83. The number of halogens is 2. The standard InChI is InChI=1S/C34H37ClFN7O4/c1-22-31(39-40-43(22)26-12-14-41(15-13-26)33(44)47-34(2,3)4)24-16-29(32-27(35)18-38-42(32)19-24)46-30(28-11-10-25(36)17-37-28)21-45-20-23-8-6-5-7-9-23/h5-11,16-19,26,30H,12-15,20-21H2,1-4H3. The molecule has 1 saturated heterocycles. The van der Waals surface area contributed by atoms with Crippen LogP contribution in [0.3, 0.4) is 0 Å². The molecular weight excluding hydrogens is 625 g/mol. The molecule has 1 aromatic carbocycles. The lowest BCUT2D eigenvalue weighted by atomic mass is 10.0. The van der Waals surface area contributed by atoms with Crippen molar-refractivity contribution in [2.75, 3.05) is 19.7 Å². The Bertz CT molecular complexity index is 1830. The van der Waals surface area contributed by atoms with Crippen molar-refractivity contribution in [3.8, 4) is 17.0 Å². The van der Waals surface area contributed by atoms with Gasteiger partial charge in [-0.3, -0.25) is 4.98 Å². The lowest BCUT2D eigenvalue weighted by molar-refractivity contribution is 0.0183. The Morgan fingerprint density at radius 3 is 2.57 bits per heavy atom. The van der Waals surface area contributed by atoms with E-state index in [1.54, 1.807) is 21.7 Å². The second-order valence-corrected chi connectivity index (χ2v) is 13.0. The molecule has 1 aliphatic heterocycles. The van der Waals surface area contributed by atoms with Crippen LogP contribution in [0.25, 0.3) is 16.8 Å². The fraction of sp³-hybridized carbons (Fsp3) is 0.382. The Kier molecular flexibility index (Phi) is 9.42. The number of hydrogen-bond donors (Lipinski definition) is 0. The van der Waals surface area contributed by atoms with Crippen LogP contribution in [0.5, 0.6) is 5.75 Å². The van der Waals surface area contributed by atoms with Gasteiger partial charge in [0.1, 0.15) is 28.4 Å². The lowest BCUT2D eigenvalue weighted by Gasteiger charge is -2.33. The van der Waals surface area contributed by atoms with Gasteiger partial charge in [0.05, 0.1) is 48.1 Å². The van der Waals surface area contributed by atoms with Gasteiger partial charge in [-0.25, -0.2) is 18.4 Å². The number of rotatable bonds is 9. The highest BCUT2D eigenvalue weighted by atomic mass is 35.5. The highest BCUT2D eigenvalue weighted by Crippen LogP contribution is 2.36. The largest absolute Gasteiger partial charge is 0.479 e. The number of likely N-dealkylation sites (tertiary alicyclic amines) is 1. The Hall–Kier alpha value is -4.55. The van der Waals surface area contributed by atoms with Gasteiger partial charge in [-0.05, 0) is 64.3 Å². The topological polar surface area (TPSA) is 109 Å². The van der Waals surface area contributed by atoms with Crippen LogP contribution >= 0.6 is 11.6 Å². The van der Waals surface area contributed by atoms with E-state index in [-0.39, 0.29) is 18.7 Å². The SMILES string of the molecule is Cc1c(-c2cc(OC(COCc3ccccc3)c3ccc(F)cn3)c3c(Cl)cnn3c2)nnn1C1CCN(C(=O)OC(C)(C)C)CC1. The third-order valence-corrected chi connectivity index (χ3v) is 8.20. The number of pyridine rings is 2. The van der Waals surface area contributed by atoms with Crippen molar-refractivity contribution in [1.29, 1.82) is 0 Å². The van der Waals surface area contributed by atoms with Gasteiger partial charge in [0.25, 0.3) is 0 Å². The summed E-state index contributed by atoms with van der Waals surface area (Å²) in [5, 5.41) is 13.9. The molecule has 47 heavy (non-hydrogen) atoms. The van der Waals surface area contributed by atoms with Gasteiger partial charge in [0.15, 0.2) is 6.10 Å². The summed E-state index contributed by atoms with van der Waals surface area (Å²) in [4.78, 5) is 18.6. The first-order chi connectivity index (χ1) is 22.6. The number of carbonyl (C=O) groups excluding carboxylic acids is 1. The molecule has 0 bridgehead atoms. The molecule has 13 heteroatoms. The molecule has 0 aliphatic carbocycles. The van der Waals surface area contributed by atoms with E-state index in [9.17, 15) is 9.18 Å². The van der Waals surface area contributed by atoms with E-state index in [4.69, 9.17) is 25.8 Å². The van der Waals surface area contributed by atoms with E-state index in [0.717, 1.165) is 35.9 Å². The summed E-state index contributed by atoms with van der Waals surface area (Å²) in [5.41, 5.74) is 3.78. The minimum atomic E-state index is -0.684. The van der Waals surface area contributed by atoms with Crippen LogP contribution in [0.15, 0.2) is 67.1 Å². The van der Waals surface area contributed by atoms with Crippen LogP contribution in [0.4, 0.5) is 9.18 Å². The monoisotopic (exact) mass is 661 g/mol. The summed E-state index contributed by atoms with van der Waals surface area (Å²) in [5.74, 6) is -0.0148. The maximum atomic E-state index is 13.8. The smallest absolute Gasteiger partial charge is 0.410 e. The molecule has 1 fully saturated rings. The van der Waals surface area contributed by atoms with Crippen molar-refractivity contribution < 1.29 is 23.4 Å². The average molecular weight is 662 g/mol. The Morgan fingerprint density at radius 2 is 1.87 bits per heavy atom. The molecular formula is C34H37ClFN7O4. The zero-order valence-corrected chi connectivity index (χ0v) is 27.5. The van der Waals surface area contributed by atoms with Gasteiger partial charge in [-0.1, -0.05) is 47.1 Å². The molecule has 1 atom stereocenters. The maximum Gasteiger partial charge on any atom is 0.410 e. The first kappa shape index (κ1) is 32.4. The summed E-state index contributed by atoms with van der Waals surface area (Å²) < 4.78 is 35.5. The third-order valence-electron chi connectivity index (χ3n) is 7.93. The number of aromatic nitrogens is 6. The molecule has 1 unspecified atom stereocenters. The van der Waals surface area contributed by atoms with E-state index >= 15 is 0 Å². The number of ether oxygens (including phenoxy) is 3. The predicted molar refractivity (Wildman–Crippen MR) is 174 cm³/mol. The van der Waals surface area contributed by atoms with Crippen LogP contribution in [-0.2, 0) is 16.1 Å². The molecule has 246 valence electrons. The highest BCUT2D eigenvalue weighted by Gasteiger charge is 2.30. The summed E-state index contributed by atoms with van der Waals surface area (Å²) in [6, 6.07) is 14.6. The molecule has 1 aliphatic rings. The summed E-state index contributed by atoms with van der Waals surface area (Å²) in [6.07, 6.45) is 4.99. The second-order valence-electron chi connectivity index (χ2n) is 12.6. The highest BCUT2D eigenvalue weighted by molar-refractivity contribution is 6.34. The van der Waals surface area contributed by atoms with Gasteiger partial charge in [0.2, 0.25) is 0 Å². The quantitative estimate of drug-likeness (QED) is 0.166. The molecule has 4 aromatic heterocycles. The van der Waals surface area contributed by atoms with E-state index in [2.05, 4.69) is 20.4 Å². The summed E-state index contributed by atoms with van der Waals surface area (Å²) >= 11 is 6.59. The molecule has 1 amide bonds. The normalized spacial score (nSPS) is 14.8. The zero-order chi connectivity index (χ0) is 33.1. The lowest BCUT2D eigenvalue weighted by Crippen LogP contribution is -2.42. The predicted octanol–water partition coefficient (Wildman–Crippen LogP) is 7.00. The Labute approximate surface area is 277 Å². The molecule has 0 spiro atoms. The molecule has 0 radical (unpaired) electrons. The number of fused-ring (bicyclic) bond motifs is 1. The number of amides is 1. The Morgan fingerprint density at radius 1 is 1.11 bits per heavy atom. The van der Waals surface area contributed by atoms with E-state index in [0.29, 0.717) is 47.4 Å². The minimum Gasteiger partial charge on any atom is -0.479 e. The average Bonchev–Trinajstić information content (AvgIpc) is 3.62. The Balaban J connectivity index is 1.25. The number of piperidine rings is 1. The van der Waals surface area contributed by atoms with Crippen molar-refractivity contribution >= 4 is 23.2 Å². The van der Waals surface area contributed by atoms with E-state index in [1.807, 2.05) is 75.0 Å². The van der Waals surface area contributed by atoms with Crippen LogP contribution in [-0.4, -0.2) is 65.9 Å². The first-order valence-corrected chi connectivity index (χ1v) is 15.9. The van der Waals surface area contributed by atoms with Gasteiger partial charge >= 0.3 is 6.09 Å². The van der Waals surface area contributed by atoms with Gasteiger partial charge in [-0.15, -0.1) is 5.10 Å². The van der Waals surface area contributed by atoms with Crippen molar-refractivity contribution in [1.82, 2.24) is 34.5 Å². The number of benzene rings is 1. The minimum absolute atomic E-state index is 0.0734. The van der Waals surface area contributed by atoms with Gasteiger partial charge in [0, 0.05) is 24.8 Å². The van der Waals surface area contributed by atoms with Crippen LogP contribution in [0.2, 0.25) is 5.02 Å². The molecule has 0 N–H and O–H groups in total. The van der Waals surface area contributed by atoms with Crippen LogP contribution in [0, 0.1) is 12.7 Å². The molecule has 0 saturated carbocycles. The number of carbonyl (C=O) groups is 1. The van der Waals surface area contributed by atoms with Crippen LogP contribution < -0.4 is 4.74 Å². The fourth-order valence-electron chi connectivity index (χ4n) is 5.61. The third kappa shape index (κ3) is 7.55. The second kappa shape index (κ2) is 13.7. The van der Waals surface area contributed by atoms with Gasteiger partial charge in [-0.2, -0.15) is 5.10 Å². The summed E-state index contributed by atoms with van der Waals surface area (Å²) in [7, 11) is 0. The number of nitrogens with zero attached hydrogens (tertiary/aromatic N) is 7. The summed E-state index contributed by atoms with van der Waals surface area (Å²) in [6.45, 7) is 9.20. The maximum absolute atomic E-state index is 13.8. The first-order valence-electron chi connectivity index (χ1n) is 15.5. The van der Waals surface area contributed by atoms with Gasteiger partial charge < -0.3 is 19.1 Å². The molecule has 5 heterocycles. The molecule has 11 nitrogen and oxygen atoms in total. The zero-order valence-electron chi connectivity index (χ0n) is 26.8. The van der Waals surface area contributed by atoms with E-state index in [1.165, 1.54) is 6.07 Å². The number of hydrogen-bond acceptors (Lipinski definition) is 8. The van der Waals surface area contributed by atoms with Crippen molar-refractivity contribution in [3.05, 3.63) is 94.9 Å². The van der Waals surface area contributed by atoms with Crippen molar-refractivity contribution in [3.63, 3.8) is 0 Å². The molecule has 6 rings (SSSR count). The van der Waals surface area contributed by atoms with E-state index < -0.39 is 17.5 Å². The van der Waals surface area contributed by atoms with Crippen LogP contribution in [0.1, 0.15) is 62.7 Å².